The molecule has 76 heavy (non-hydrogen) atoms. The Kier molecular flexibility index (Phi) is 58.3. The molecule has 1 atom stereocenters. The topological polar surface area (TPSA) is 42.1 Å². The summed E-state index contributed by atoms with van der Waals surface area (Å²) >= 11 is 0. The quantitative estimate of drug-likeness (QED) is 0.0615. The van der Waals surface area contributed by atoms with Crippen LogP contribution < -0.4 is 5.32 Å². The second kappa shape index (κ2) is 60.4. The Morgan fingerprint density at radius 3 is 0.855 bits per heavy atom. The lowest BCUT2D eigenvalue weighted by atomic mass is 10.1. The van der Waals surface area contributed by atoms with Crippen LogP contribution in [0.3, 0.4) is 0 Å². The normalized spacial score (nSPS) is 13.8. The van der Waals surface area contributed by atoms with Gasteiger partial charge in [0.1, 0.15) is 0 Å². The minimum Gasteiger partial charge on any atom is -0.339 e. The Bertz CT molecular complexity index is 1060. The van der Waals surface area contributed by atoms with Gasteiger partial charge in [-0.3, -0.25) is 9.69 Å². The minimum atomic E-state index is -0.0503. The number of hydrogen-bond acceptors (Lipinski definition) is 5. The number of amides is 1. The summed E-state index contributed by atoms with van der Waals surface area (Å²) in [6.07, 6.45) is 70.7. The van der Waals surface area contributed by atoms with Gasteiger partial charge in [0, 0.05) is 45.8 Å². The monoisotopic (exact) mass is 1070 g/mol. The van der Waals surface area contributed by atoms with Crippen molar-refractivity contribution >= 4 is 5.91 Å². The molecule has 0 aromatic rings. The molecule has 1 heterocycles. The van der Waals surface area contributed by atoms with E-state index >= 15 is 0 Å². The summed E-state index contributed by atoms with van der Waals surface area (Å²) in [7, 11) is 0. The average Bonchev–Trinajstić information content (AvgIpc) is 3.44. The summed E-state index contributed by atoms with van der Waals surface area (Å²) in [6, 6.07) is -0.0503. The van der Waals surface area contributed by atoms with Gasteiger partial charge in [0.25, 0.3) is 0 Å². The lowest BCUT2D eigenvalue weighted by Gasteiger charge is -2.38. The number of carbonyl (C=O) groups excluding carboxylic acids is 1. The van der Waals surface area contributed by atoms with Gasteiger partial charge < -0.3 is 20.0 Å². The third-order valence-corrected chi connectivity index (χ3v) is 17.7. The Hall–Kier alpha value is -0.690. The maximum absolute atomic E-state index is 14.6. The van der Waals surface area contributed by atoms with Gasteiger partial charge in [-0.05, 0) is 71.2 Å². The third-order valence-electron chi connectivity index (χ3n) is 17.7. The van der Waals surface area contributed by atoms with Crippen LogP contribution in [0.2, 0.25) is 0 Å². The van der Waals surface area contributed by atoms with Crippen molar-refractivity contribution in [3.8, 4) is 0 Å². The molecule has 0 radical (unpaired) electrons. The first-order valence-electron chi connectivity index (χ1n) is 35.8. The van der Waals surface area contributed by atoms with Crippen LogP contribution in [0.15, 0.2) is 0 Å². The molecule has 1 saturated heterocycles. The van der Waals surface area contributed by atoms with Crippen LogP contribution in [0.5, 0.6) is 0 Å². The van der Waals surface area contributed by atoms with Gasteiger partial charge in [-0.25, -0.2) is 0 Å². The molecule has 0 aromatic heterocycles. The smallest absolute Gasteiger partial charge is 0.239 e. The van der Waals surface area contributed by atoms with Gasteiger partial charge in [-0.1, -0.05) is 324 Å². The van der Waals surface area contributed by atoms with Crippen LogP contribution in [-0.4, -0.2) is 110 Å². The van der Waals surface area contributed by atoms with Crippen LogP contribution in [0.4, 0.5) is 0 Å². The zero-order valence-corrected chi connectivity index (χ0v) is 53.3. The molecule has 1 unspecified atom stereocenters. The number of nitrogens with zero attached hydrogens (tertiary/aromatic N) is 4. The maximum Gasteiger partial charge on any atom is 0.239 e. The maximum atomic E-state index is 14.6. The number of unbranched alkanes of at least 4 members (excludes halogenated alkanes) is 45. The van der Waals surface area contributed by atoms with Crippen molar-refractivity contribution in [3.63, 3.8) is 0 Å². The highest BCUT2D eigenvalue weighted by atomic mass is 16.2. The fourth-order valence-electron chi connectivity index (χ4n) is 12.2. The van der Waals surface area contributed by atoms with E-state index in [1.54, 1.807) is 0 Å². The molecule has 1 amide bonds. The molecule has 0 saturated carbocycles. The van der Waals surface area contributed by atoms with Crippen molar-refractivity contribution in [1.29, 1.82) is 0 Å². The van der Waals surface area contributed by atoms with Gasteiger partial charge >= 0.3 is 0 Å². The van der Waals surface area contributed by atoms with E-state index in [9.17, 15) is 4.79 Å². The van der Waals surface area contributed by atoms with E-state index in [0.29, 0.717) is 5.91 Å². The van der Waals surface area contributed by atoms with E-state index in [0.717, 1.165) is 52.2 Å². The molecular weight excluding hydrogens is 927 g/mol. The summed E-state index contributed by atoms with van der Waals surface area (Å²) in [4.78, 5) is 25.2. The van der Waals surface area contributed by atoms with E-state index in [-0.39, 0.29) is 6.04 Å². The molecule has 0 spiro atoms. The van der Waals surface area contributed by atoms with Crippen LogP contribution in [-0.2, 0) is 4.79 Å². The fraction of sp³-hybridized carbons (Fsp3) is 0.986. The Labute approximate surface area is 480 Å². The molecule has 6 heteroatoms. The first kappa shape index (κ1) is 73.3. The molecule has 0 aromatic carbocycles. The fourth-order valence-corrected chi connectivity index (χ4v) is 12.2. The zero-order chi connectivity index (χ0) is 54.7. The number of piperazine rings is 1. The number of carbonyl (C=O) groups is 1. The molecule has 1 fully saturated rings. The summed E-state index contributed by atoms with van der Waals surface area (Å²) in [5, 5.41) is 3.92. The van der Waals surface area contributed by atoms with Crippen LogP contribution >= 0.6 is 0 Å². The Balaban J connectivity index is 2.83. The van der Waals surface area contributed by atoms with E-state index in [4.69, 9.17) is 0 Å². The lowest BCUT2D eigenvalue weighted by Crippen LogP contribution is -2.55. The molecule has 1 N–H and O–H groups in total. The zero-order valence-electron chi connectivity index (χ0n) is 53.3. The molecule has 1 rings (SSSR count). The molecule has 1 aliphatic heterocycles. The number of hydrogen-bond donors (Lipinski definition) is 1. The summed E-state index contributed by atoms with van der Waals surface area (Å²) in [5.74, 6) is 0.396. The van der Waals surface area contributed by atoms with Gasteiger partial charge in [-0.2, -0.15) is 0 Å². The SMILES string of the molecule is CCCCCCCCCCCCNC(CCN(CCCCCCCCCCCC)CCCCCCCCCCCC)C(=O)N1CCN(CCN(CCCCCCCCCCCC)CCCCCCCCCCCC)CC1. The minimum absolute atomic E-state index is 0.0503. The highest BCUT2D eigenvalue weighted by Crippen LogP contribution is 2.18. The number of nitrogens with one attached hydrogen (secondary N) is 1. The van der Waals surface area contributed by atoms with Crippen LogP contribution in [0.25, 0.3) is 0 Å². The van der Waals surface area contributed by atoms with E-state index in [1.807, 2.05) is 0 Å². The van der Waals surface area contributed by atoms with E-state index in [1.165, 1.54) is 354 Å². The van der Waals surface area contributed by atoms with Crippen molar-refractivity contribution in [1.82, 2.24) is 24.9 Å². The van der Waals surface area contributed by atoms with Crippen molar-refractivity contribution in [2.45, 2.75) is 368 Å². The van der Waals surface area contributed by atoms with Crippen molar-refractivity contribution < 1.29 is 4.79 Å². The standard InChI is InChI=1S/C70H143N5O/c1-6-11-16-21-26-31-36-41-46-51-57-71-69(56-62-72(58-52-47-42-37-32-27-22-17-12-7-2)59-53-48-43-38-33-28-23-18-13-8-3)70(76)75-67-65-74(66-68-75)64-63-73(60-54-49-44-39-34-29-24-19-14-9-4)61-55-50-45-40-35-30-25-20-15-10-5/h69,71H,6-68H2,1-5H3. The third kappa shape index (κ3) is 49.2. The van der Waals surface area contributed by atoms with Gasteiger partial charge in [0.15, 0.2) is 0 Å². The average molecular weight is 1070 g/mol. The summed E-state index contributed by atoms with van der Waals surface area (Å²) in [6.45, 7) is 24.8. The highest BCUT2D eigenvalue weighted by molar-refractivity contribution is 5.82. The number of rotatable bonds is 63. The van der Waals surface area contributed by atoms with Gasteiger partial charge in [-0.15, -0.1) is 0 Å². The first-order chi connectivity index (χ1) is 37.6. The van der Waals surface area contributed by atoms with Crippen LogP contribution in [0.1, 0.15) is 362 Å². The van der Waals surface area contributed by atoms with E-state index < -0.39 is 0 Å². The molecule has 0 aliphatic carbocycles. The second-order valence-electron chi connectivity index (χ2n) is 25.1. The van der Waals surface area contributed by atoms with Crippen molar-refractivity contribution in [3.05, 3.63) is 0 Å². The molecular formula is C70H143N5O. The van der Waals surface area contributed by atoms with Gasteiger partial charge in [0.2, 0.25) is 5.91 Å². The Morgan fingerprint density at radius 1 is 0.316 bits per heavy atom. The summed E-state index contributed by atoms with van der Waals surface area (Å²) < 4.78 is 0. The molecule has 6 nitrogen and oxygen atoms in total. The molecule has 0 bridgehead atoms. The molecule has 454 valence electrons. The van der Waals surface area contributed by atoms with E-state index in [2.05, 4.69) is 59.5 Å². The first-order valence-corrected chi connectivity index (χ1v) is 35.8. The lowest BCUT2D eigenvalue weighted by molar-refractivity contribution is -0.135. The predicted octanol–water partition coefficient (Wildman–Crippen LogP) is 20.7. The highest BCUT2D eigenvalue weighted by Gasteiger charge is 2.28. The predicted molar refractivity (Wildman–Crippen MR) is 342 cm³/mol. The summed E-state index contributed by atoms with van der Waals surface area (Å²) in [5.41, 5.74) is 0. The molecule has 1 aliphatic rings. The second-order valence-corrected chi connectivity index (χ2v) is 25.1. The largest absolute Gasteiger partial charge is 0.339 e. The van der Waals surface area contributed by atoms with Crippen molar-refractivity contribution in [2.75, 3.05) is 78.5 Å². The van der Waals surface area contributed by atoms with Crippen molar-refractivity contribution in [2.24, 2.45) is 0 Å². The van der Waals surface area contributed by atoms with Crippen LogP contribution in [0, 0.1) is 0 Å². The van der Waals surface area contributed by atoms with Gasteiger partial charge in [0.05, 0.1) is 6.04 Å². The Morgan fingerprint density at radius 2 is 0.566 bits per heavy atom.